The third kappa shape index (κ3) is 4.94. The molecule has 96 valence electrons. The molecule has 0 spiro atoms. The van der Waals surface area contributed by atoms with Crippen LogP contribution in [0.5, 0.6) is 5.75 Å². The first-order valence-electron chi connectivity index (χ1n) is 4.48. The summed E-state index contributed by atoms with van der Waals surface area (Å²) < 4.78 is 62.0. The second kappa shape index (κ2) is 4.82. The Morgan fingerprint density at radius 2 is 1.76 bits per heavy atom. The molecule has 17 heavy (non-hydrogen) atoms. The normalized spacial score (nSPS) is 12.2. The highest BCUT2D eigenvalue weighted by molar-refractivity contribution is 7.87. The molecule has 4 nitrogen and oxygen atoms in total. The lowest BCUT2D eigenvalue weighted by atomic mass is 10.3. The van der Waals surface area contributed by atoms with Crippen LogP contribution in [0, 0.1) is 0 Å². The van der Waals surface area contributed by atoms with Crippen LogP contribution in [0.4, 0.5) is 18.9 Å². The van der Waals surface area contributed by atoms with Crippen molar-refractivity contribution in [3.8, 4) is 5.75 Å². The summed E-state index contributed by atoms with van der Waals surface area (Å²) in [5, 5.41) is 2.77. The van der Waals surface area contributed by atoms with E-state index in [1.54, 1.807) is 7.05 Å². The van der Waals surface area contributed by atoms with Gasteiger partial charge in [0.25, 0.3) is 0 Å². The first-order valence-corrected chi connectivity index (χ1v) is 6.06. The summed E-state index contributed by atoms with van der Waals surface area (Å²) >= 11 is 0. The van der Waals surface area contributed by atoms with E-state index in [2.05, 4.69) is 9.50 Å². The third-order valence-corrected chi connectivity index (χ3v) is 2.83. The van der Waals surface area contributed by atoms with Crippen molar-refractivity contribution in [3.63, 3.8) is 0 Å². The fourth-order valence-electron chi connectivity index (χ4n) is 1.05. The molecule has 0 radical (unpaired) electrons. The molecular formula is C9H10F3NO3S. The standard InChI is InChI=1S/C9H10F3NO3S/c1-13-7-2-4-8(5-3-7)16-17(14,15)6-9(10,11)12/h2-5,13H,6H2,1H3. The smallest absolute Gasteiger partial charge is 0.388 e. The molecule has 1 aromatic carbocycles. The fraction of sp³-hybridized carbons (Fsp3) is 0.333. The largest absolute Gasteiger partial charge is 0.406 e. The van der Waals surface area contributed by atoms with Gasteiger partial charge in [0, 0.05) is 12.7 Å². The van der Waals surface area contributed by atoms with Gasteiger partial charge in [0.2, 0.25) is 0 Å². The number of nitrogens with one attached hydrogen (secondary N) is 1. The molecule has 0 aliphatic heterocycles. The highest BCUT2D eigenvalue weighted by Gasteiger charge is 2.36. The lowest BCUT2D eigenvalue weighted by Gasteiger charge is -2.09. The monoisotopic (exact) mass is 269 g/mol. The number of benzene rings is 1. The summed E-state index contributed by atoms with van der Waals surface area (Å²) in [6.45, 7) is 0. The summed E-state index contributed by atoms with van der Waals surface area (Å²) in [7, 11) is -3.01. The summed E-state index contributed by atoms with van der Waals surface area (Å²) in [4.78, 5) is 0. The number of rotatable bonds is 4. The molecule has 1 aromatic rings. The van der Waals surface area contributed by atoms with Gasteiger partial charge in [-0.15, -0.1) is 0 Å². The molecule has 0 aliphatic rings. The van der Waals surface area contributed by atoms with Crippen LogP contribution in [-0.4, -0.2) is 27.4 Å². The Bertz CT molecular complexity index is 467. The number of anilines is 1. The molecule has 0 saturated heterocycles. The van der Waals surface area contributed by atoms with Crippen molar-refractivity contribution in [2.24, 2.45) is 0 Å². The van der Waals surface area contributed by atoms with E-state index in [0.717, 1.165) is 0 Å². The van der Waals surface area contributed by atoms with Crippen LogP contribution in [0.25, 0.3) is 0 Å². The minimum Gasteiger partial charge on any atom is -0.388 e. The predicted octanol–water partition coefficient (Wildman–Crippen LogP) is 2.00. The van der Waals surface area contributed by atoms with Crippen molar-refractivity contribution in [3.05, 3.63) is 24.3 Å². The van der Waals surface area contributed by atoms with Gasteiger partial charge in [-0.05, 0) is 24.3 Å². The lowest BCUT2D eigenvalue weighted by molar-refractivity contribution is -0.107. The van der Waals surface area contributed by atoms with Gasteiger partial charge in [0.1, 0.15) is 5.75 Å². The summed E-state index contributed by atoms with van der Waals surface area (Å²) in [6, 6.07) is 5.50. The van der Waals surface area contributed by atoms with Gasteiger partial charge in [-0.1, -0.05) is 0 Å². The highest BCUT2D eigenvalue weighted by Crippen LogP contribution is 2.21. The summed E-state index contributed by atoms with van der Waals surface area (Å²) in [5.41, 5.74) is 0.686. The quantitative estimate of drug-likeness (QED) is 0.849. The molecule has 0 unspecified atom stereocenters. The Morgan fingerprint density at radius 1 is 1.24 bits per heavy atom. The summed E-state index contributed by atoms with van der Waals surface area (Å²) in [6.07, 6.45) is -4.82. The lowest BCUT2D eigenvalue weighted by Crippen LogP contribution is -2.26. The third-order valence-electron chi connectivity index (χ3n) is 1.71. The maximum absolute atomic E-state index is 11.9. The predicted molar refractivity (Wildman–Crippen MR) is 56.5 cm³/mol. The van der Waals surface area contributed by atoms with Gasteiger partial charge in [-0.25, -0.2) is 0 Å². The maximum atomic E-state index is 11.9. The molecule has 0 atom stereocenters. The van der Waals surface area contributed by atoms with E-state index < -0.39 is 22.0 Å². The van der Waals surface area contributed by atoms with Crippen LogP contribution >= 0.6 is 0 Å². The van der Waals surface area contributed by atoms with Crippen LogP contribution in [0.15, 0.2) is 24.3 Å². The van der Waals surface area contributed by atoms with Gasteiger partial charge in [-0.2, -0.15) is 21.6 Å². The minimum absolute atomic E-state index is 0.159. The van der Waals surface area contributed by atoms with Crippen molar-refractivity contribution in [2.75, 3.05) is 18.1 Å². The molecule has 0 amide bonds. The van der Waals surface area contributed by atoms with Gasteiger partial charge >= 0.3 is 16.3 Å². The zero-order valence-electron chi connectivity index (χ0n) is 8.78. The Kier molecular flexibility index (Phi) is 3.87. The van der Waals surface area contributed by atoms with E-state index in [-0.39, 0.29) is 5.75 Å². The molecule has 0 fully saturated rings. The molecule has 8 heteroatoms. The maximum Gasteiger partial charge on any atom is 0.406 e. The first-order chi connectivity index (χ1) is 7.72. The second-order valence-electron chi connectivity index (χ2n) is 3.17. The van der Waals surface area contributed by atoms with Crippen LogP contribution < -0.4 is 9.50 Å². The average molecular weight is 269 g/mol. The topological polar surface area (TPSA) is 55.4 Å². The van der Waals surface area contributed by atoms with Gasteiger partial charge in [0.15, 0.2) is 5.75 Å². The SMILES string of the molecule is CNc1ccc(OS(=O)(=O)CC(F)(F)F)cc1. The van der Waals surface area contributed by atoms with E-state index in [9.17, 15) is 21.6 Å². The van der Waals surface area contributed by atoms with Crippen LogP contribution in [-0.2, 0) is 10.1 Å². The van der Waals surface area contributed by atoms with Crippen LogP contribution in [0.2, 0.25) is 0 Å². The molecule has 0 heterocycles. The first kappa shape index (κ1) is 13.6. The number of alkyl halides is 3. The minimum atomic E-state index is -4.82. The molecule has 0 saturated carbocycles. The van der Waals surface area contributed by atoms with Crippen molar-refractivity contribution in [2.45, 2.75) is 6.18 Å². The van der Waals surface area contributed by atoms with Crippen LogP contribution in [0.1, 0.15) is 0 Å². The molecule has 1 rings (SSSR count). The van der Waals surface area contributed by atoms with Crippen molar-refractivity contribution < 1.29 is 25.8 Å². The summed E-state index contributed by atoms with van der Waals surface area (Å²) in [5.74, 6) is -2.17. The Labute approximate surface area is 96.5 Å². The van der Waals surface area contributed by atoms with Crippen molar-refractivity contribution in [1.82, 2.24) is 0 Å². The van der Waals surface area contributed by atoms with E-state index in [1.807, 2.05) is 0 Å². The zero-order valence-corrected chi connectivity index (χ0v) is 9.60. The van der Waals surface area contributed by atoms with E-state index in [0.29, 0.717) is 5.69 Å². The van der Waals surface area contributed by atoms with Gasteiger partial charge in [0.05, 0.1) is 0 Å². The van der Waals surface area contributed by atoms with Crippen LogP contribution in [0.3, 0.4) is 0 Å². The Morgan fingerprint density at radius 3 is 2.18 bits per heavy atom. The van der Waals surface area contributed by atoms with E-state index in [1.165, 1.54) is 24.3 Å². The Hall–Kier alpha value is -1.44. The number of hydrogen-bond acceptors (Lipinski definition) is 4. The van der Waals surface area contributed by atoms with E-state index in [4.69, 9.17) is 0 Å². The Balaban J connectivity index is 2.76. The molecule has 1 N–H and O–H groups in total. The number of halogens is 3. The zero-order chi connectivity index (χ0) is 13.1. The molecule has 0 aromatic heterocycles. The van der Waals surface area contributed by atoms with Gasteiger partial charge in [-0.3, -0.25) is 0 Å². The highest BCUT2D eigenvalue weighted by atomic mass is 32.2. The second-order valence-corrected chi connectivity index (χ2v) is 4.75. The molecule has 0 bridgehead atoms. The molecular weight excluding hydrogens is 259 g/mol. The van der Waals surface area contributed by atoms with Gasteiger partial charge < -0.3 is 9.50 Å². The van der Waals surface area contributed by atoms with Crippen molar-refractivity contribution >= 4 is 15.8 Å². The fourth-order valence-corrected chi connectivity index (χ4v) is 1.92. The molecule has 0 aliphatic carbocycles. The van der Waals surface area contributed by atoms with E-state index >= 15 is 0 Å². The average Bonchev–Trinajstić information content (AvgIpc) is 2.14. The number of hydrogen-bond donors (Lipinski definition) is 1. The van der Waals surface area contributed by atoms with Crippen molar-refractivity contribution in [1.29, 1.82) is 0 Å².